The summed E-state index contributed by atoms with van der Waals surface area (Å²) in [5, 5.41) is 0.242. The molecule has 0 aliphatic carbocycles. The minimum Gasteiger partial charge on any atom is -0.457 e. The molecule has 4 rings (SSSR count). The first kappa shape index (κ1) is 28.2. The molecule has 2 aromatic rings. The van der Waals surface area contributed by atoms with Gasteiger partial charge in [-0.05, 0) is 59.2 Å². The number of fused-ring (bicyclic) bond motifs is 2. The molecule has 2 aliphatic heterocycles. The van der Waals surface area contributed by atoms with Gasteiger partial charge >= 0.3 is 18.2 Å². The third-order valence-corrected chi connectivity index (χ3v) is 6.23. The predicted octanol–water partition coefficient (Wildman–Crippen LogP) is 5.74. The second-order valence-corrected chi connectivity index (χ2v) is 11.7. The number of hydrogen-bond donors (Lipinski definition) is 0. The van der Waals surface area contributed by atoms with E-state index in [9.17, 15) is 19.2 Å². The van der Waals surface area contributed by atoms with Crippen LogP contribution in [0.5, 0.6) is 0 Å². The summed E-state index contributed by atoms with van der Waals surface area (Å²) >= 11 is 6.27. The number of nitrogens with zero attached hydrogens (tertiary/aromatic N) is 2. The molecule has 0 radical (unpaired) electrons. The summed E-state index contributed by atoms with van der Waals surface area (Å²) in [7, 11) is 0. The number of carbonyl (C=O) groups excluding carboxylic acids is 4. The fraction of sp³-hybridized carbons (Fsp3) is 0.379. The highest BCUT2D eigenvalue weighted by Gasteiger charge is 2.65. The Kier molecular flexibility index (Phi) is 7.25. The Morgan fingerprint density at radius 3 is 2.15 bits per heavy atom. The van der Waals surface area contributed by atoms with Crippen LogP contribution in [0.1, 0.15) is 52.7 Å². The van der Waals surface area contributed by atoms with E-state index in [2.05, 4.69) is 0 Å². The number of rotatable bonds is 3. The molecule has 0 fully saturated rings. The Bertz CT molecular complexity index is 1360. The lowest BCUT2D eigenvalue weighted by atomic mass is 9.84. The Hall–Kier alpha value is -3.85. The minimum atomic E-state index is -2.03. The molecule has 0 saturated carbocycles. The fourth-order valence-electron chi connectivity index (χ4n) is 4.57. The molecule has 2 aliphatic rings. The minimum absolute atomic E-state index is 0.0586. The normalized spacial score (nSPS) is 18.6. The van der Waals surface area contributed by atoms with Crippen LogP contribution in [-0.2, 0) is 35.9 Å². The maximum absolute atomic E-state index is 14.4. The summed E-state index contributed by atoms with van der Waals surface area (Å²) < 4.78 is 16.7. The van der Waals surface area contributed by atoms with Gasteiger partial charge in [-0.15, -0.1) is 0 Å². The molecule has 1 unspecified atom stereocenters. The first-order valence-corrected chi connectivity index (χ1v) is 12.8. The predicted molar refractivity (Wildman–Crippen MR) is 144 cm³/mol. The van der Waals surface area contributed by atoms with E-state index in [0.717, 1.165) is 15.4 Å². The summed E-state index contributed by atoms with van der Waals surface area (Å²) in [5.41, 5.74) is -2.93. The van der Waals surface area contributed by atoms with Gasteiger partial charge in [0.2, 0.25) is 0 Å². The number of imide groups is 1. The Morgan fingerprint density at radius 1 is 0.923 bits per heavy atom. The molecule has 2 aromatic carbocycles. The second-order valence-electron chi connectivity index (χ2n) is 11.3. The van der Waals surface area contributed by atoms with Gasteiger partial charge in [-0.3, -0.25) is 9.69 Å². The largest absolute Gasteiger partial charge is 0.457 e. The Morgan fingerprint density at radius 2 is 1.54 bits per heavy atom. The van der Waals surface area contributed by atoms with Crippen molar-refractivity contribution >= 4 is 41.4 Å². The highest BCUT2D eigenvalue weighted by atomic mass is 35.5. The van der Waals surface area contributed by atoms with Crippen molar-refractivity contribution in [1.82, 2.24) is 4.90 Å². The number of anilines is 1. The molecule has 206 valence electrons. The lowest BCUT2D eigenvalue weighted by Gasteiger charge is -2.36. The fourth-order valence-corrected chi connectivity index (χ4v) is 4.73. The van der Waals surface area contributed by atoms with Gasteiger partial charge in [-0.1, -0.05) is 54.1 Å². The van der Waals surface area contributed by atoms with Crippen LogP contribution in [0.2, 0.25) is 5.02 Å². The molecule has 0 N–H and O–H groups in total. The maximum atomic E-state index is 14.4. The van der Waals surface area contributed by atoms with Gasteiger partial charge in [0.1, 0.15) is 17.8 Å². The molecular formula is C29H31ClN2O7. The van der Waals surface area contributed by atoms with Crippen molar-refractivity contribution in [1.29, 1.82) is 0 Å². The SMILES string of the molecule is CC(C)(C)OC(=O)N1C(=O)C2(C(C(=O)OCc3ccccc3)=CCN2C(=O)OC(C)(C)C)c2ccc(Cl)cc21. The van der Waals surface area contributed by atoms with E-state index in [4.69, 9.17) is 25.8 Å². The Balaban J connectivity index is 1.84. The zero-order valence-corrected chi connectivity index (χ0v) is 23.5. The van der Waals surface area contributed by atoms with Gasteiger partial charge < -0.3 is 14.2 Å². The lowest BCUT2D eigenvalue weighted by molar-refractivity contribution is -0.143. The van der Waals surface area contributed by atoms with Gasteiger partial charge in [0.15, 0.2) is 5.54 Å². The topological polar surface area (TPSA) is 102 Å². The van der Waals surface area contributed by atoms with E-state index >= 15 is 0 Å². The lowest BCUT2D eigenvalue weighted by Crippen LogP contribution is -2.57. The van der Waals surface area contributed by atoms with E-state index in [0.29, 0.717) is 0 Å². The number of esters is 1. The monoisotopic (exact) mass is 554 g/mol. The van der Waals surface area contributed by atoms with Crippen molar-refractivity contribution in [2.45, 2.75) is 64.9 Å². The summed E-state index contributed by atoms with van der Waals surface area (Å²) in [6.45, 7) is 9.85. The Labute approximate surface area is 232 Å². The molecule has 1 spiro atoms. The van der Waals surface area contributed by atoms with E-state index in [-0.39, 0.29) is 35.0 Å². The molecule has 3 amide bonds. The molecule has 9 nitrogen and oxygen atoms in total. The molecule has 1 atom stereocenters. The smallest absolute Gasteiger partial charge is 0.421 e. The van der Waals surface area contributed by atoms with E-state index in [1.165, 1.54) is 24.3 Å². The number of amides is 3. The van der Waals surface area contributed by atoms with Crippen LogP contribution in [-0.4, -0.2) is 46.7 Å². The average molecular weight is 555 g/mol. The van der Waals surface area contributed by atoms with Crippen LogP contribution >= 0.6 is 11.6 Å². The van der Waals surface area contributed by atoms with Gasteiger partial charge in [-0.25, -0.2) is 19.3 Å². The van der Waals surface area contributed by atoms with Crippen LogP contribution in [0.25, 0.3) is 0 Å². The standard InChI is InChI=1S/C29H31ClN2O7/c1-27(2,3)38-25(35)31-15-14-21(23(33)37-17-18-10-8-7-9-11-18)29(31)20-13-12-19(30)16-22(20)32(24(29)34)26(36)39-28(4,5)6/h7-14,16H,15,17H2,1-6H3. The van der Waals surface area contributed by atoms with Crippen LogP contribution in [0.4, 0.5) is 15.3 Å². The molecule has 0 aromatic heterocycles. The maximum Gasteiger partial charge on any atom is 0.421 e. The van der Waals surface area contributed by atoms with Crippen molar-refractivity contribution in [3.05, 3.63) is 76.3 Å². The number of ether oxygens (including phenoxy) is 3. The summed E-state index contributed by atoms with van der Waals surface area (Å²) in [6, 6.07) is 13.5. The number of carbonyl (C=O) groups is 4. The molecular weight excluding hydrogens is 524 g/mol. The van der Waals surface area contributed by atoms with E-state index in [1.807, 2.05) is 18.2 Å². The molecule has 39 heavy (non-hydrogen) atoms. The van der Waals surface area contributed by atoms with Crippen molar-refractivity contribution in [2.75, 3.05) is 11.4 Å². The summed E-state index contributed by atoms with van der Waals surface area (Å²) in [6.07, 6.45) is -0.364. The third-order valence-electron chi connectivity index (χ3n) is 6.00. The van der Waals surface area contributed by atoms with Crippen molar-refractivity contribution < 1.29 is 33.4 Å². The van der Waals surface area contributed by atoms with Gasteiger partial charge in [0.25, 0.3) is 5.91 Å². The zero-order valence-electron chi connectivity index (χ0n) is 22.7. The number of hydrogen-bond acceptors (Lipinski definition) is 7. The first-order chi connectivity index (χ1) is 18.1. The van der Waals surface area contributed by atoms with E-state index in [1.54, 1.807) is 53.7 Å². The highest BCUT2D eigenvalue weighted by molar-refractivity contribution is 6.32. The molecule has 0 bridgehead atoms. The molecule has 2 heterocycles. The number of halogens is 1. The van der Waals surface area contributed by atoms with Crippen molar-refractivity contribution in [3.63, 3.8) is 0 Å². The summed E-state index contributed by atoms with van der Waals surface area (Å²) in [5.74, 6) is -1.69. The van der Waals surface area contributed by atoms with Gasteiger partial charge in [-0.2, -0.15) is 0 Å². The van der Waals surface area contributed by atoms with Crippen LogP contribution in [0.15, 0.2) is 60.2 Å². The number of benzene rings is 2. The van der Waals surface area contributed by atoms with E-state index < -0.39 is 40.8 Å². The quantitative estimate of drug-likeness (QED) is 0.352. The van der Waals surface area contributed by atoms with Crippen molar-refractivity contribution in [2.24, 2.45) is 0 Å². The zero-order chi connectivity index (χ0) is 28.8. The third kappa shape index (κ3) is 5.36. The van der Waals surface area contributed by atoms with Crippen molar-refractivity contribution in [3.8, 4) is 0 Å². The average Bonchev–Trinajstić information content (AvgIpc) is 3.33. The van der Waals surface area contributed by atoms with Crippen LogP contribution in [0, 0.1) is 0 Å². The van der Waals surface area contributed by atoms with Gasteiger partial charge in [0.05, 0.1) is 11.3 Å². The summed E-state index contributed by atoms with van der Waals surface area (Å²) in [4.78, 5) is 56.8. The molecule has 10 heteroatoms. The highest BCUT2D eigenvalue weighted by Crippen LogP contribution is 2.52. The van der Waals surface area contributed by atoms with Crippen LogP contribution in [0.3, 0.4) is 0 Å². The first-order valence-electron chi connectivity index (χ1n) is 12.4. The van der Waals surface area contributed by atoms with Crippen LogP contribution < -0.4 is 4.90 Å². The molecule has 0 saturated heterocycles. The second kappa shape index (κ2) is 10.0. The van der Waals surface area contributed by atoms with Gasteiger partial charge in [0, 0.05) is 17.1 Å².